The van der Waals surface area contributed by atoms with Crippen molar-refractivity contribution < 1.29 is 13.7 Å². The monoisotopic (exact) mass is 276 g/mol. The zero-order valence-electron chi connectivity index (χ0n) is 8.18. The van der Waals surface area contributed by atoms with Crippen LogP contribution < -0.4 is 4.74 Å². The zero-order chi connectivity index (χ0) is 11.5. The Morgan fingerprint density at radius 3 is 3.12 bits per heavy atom. The molecule has 0 saturated heterocycles. The lowest BCUT2D eigenvalue weighted by atomic mass is 10.0. The van der Waals surface area contributed by atoms with Gasteiger partial charge in [-0.05, 0) is 58.3 Å². The van der Waals surface area contributed by atoms with E-state index in [4.69, 9.17) is 15.4 Å². The van der Waals surface area contributed by atoms with E-state index in [2.05, 4.69) is 17.1 Å². The topological polar surface area (TPSA) is 35.5 Å². The van der Waals surface area contributed by atoms with Crippen LogP contribution in [0.2, 0.25) is 0 Å². The largest absolute Gasteiger partial charge is 0.478 e. The summed E-state index contributed by atoms with van der Waals surface area (Å²) in [6.45, 7) is 0. The minimum absolute atomic E-state index is 0.454. The zero-order valence-corrected chi connectivity index (χ0v) is 10.6. The fourth-order valence-corrected chi connectivity index (χ4v) is 2.35. The van der Waals surface area contributed by atoms with E-state index in [1.54, 1.807) is 0 Å². The Hall–Kier alpha value is -0.520. The summed E-state index contributed by atoms with van der Waals surface area (Å²) >= 11 is 3.48. The quantitative estimate of drug-likeness (QED) is 0.665. The van der Waals surface area contributed by atoms with Gasteiger partial charge in [0.25, 0.3) is 0 Å². The normalized spacial score (nSPS) is 18.5. The van der Waals surface area contributed by atoms with Crippen LogP contribution >= 0.6 is 34.6 Å². The molecule has 0 amide bonds. The molecule has 2 rings (SSSR count). The van der Waals surface area contributed by atoms with Gasteiger partial charge in [-0.2, -0.15) is 0 Å². The highest BCUT2D eigenvalue weighted by Crippen LogP contribution is 2.33. The molecule has 1 aromatic carbocycles. The number of rotatable bonds is 2. The van der Waals surface area contributed by atoms with E-state index in [1.165, 1.54) is 11.0 Å². The third-order valence-corrected chi connectivity index (χ3v) is 3.57. The minimum atomic E-state index is -0.556. The standard InChI is InChI=1S/C10H9ClO3S2/c11-16-7-2-4-8-6(5-7)1-3-9(13-8)10(12)14-15/h2,4-5,9,15H,1,3H2. The van der Waals surface area contributed by atoms with Crippen LogP contribution in [0.3, 0.4) is 0 Å². The highest BCUT2D eigenvalue weighted by atomic mass is 35.7. The number of ether oxygens (including phenoxy) is 1. The van der Waals surface area contributed by atoms with Crippen LogP contribution in [0.25, 0.3) is 0 Å². The summed E-state index contributed by atoms with van der Waals surface area (Å²) in [5.41, 5.74) is 1.06. The average Bonchev–Trinajstić information content (AvgIpc) is 2.36. The van der Waals surface area contributed by atoms with E-state index >= 15 is 0 Å². The van der Waals surface area contributed by atoms with E-state index in [0.717, 1.165) is 16.9 Å². The third-order valence-electron chi connectivity index (χ3n) is 2.42. The predicted octanol–water partition coefficient (Wildman–Crippen LogP) is 3.01. The molecule has 0 aromatic heterocycles. The smallest absolute Gasteiger partial charge is 0.359 e. The van der Waals surface area contributed by atoms with Gasteiger partial charge in [0.15, 0.2) is 6.10 Å². The fourth-order valence-electron chi connectivity index (χ4n) is 1.64. The Morgan fingerprint density at radius 1 is 1.62 bits per heavy atom. The van der Waals surface area contributed by atoms with Crippen molar-refractivity contribution >= 4 is 40.5 Å². The minimum Gasteiger partial charge on any atom is -0.478 e. The SMILES string of the molecule is O=C(OS)C1CCc2cc(SCl)ccc2O1. The van der Waals surface area contributed by atoms with E-state index in [1.807, 2.05) is 18.2 Å². The van der Waals surface area contributed by atoms with Crippen molar-refractivity contribution in [1.82, 2.24) is 0 Å². The molecule has 6 heteroatoms. The van der Waals surface area contributed by atoms with Crippen LogP contribution in [-0.4, -0.2) is 12.1 Å². The van der Waals surface area contributed by atoms with Crippen LogP contribution in [0, 0.1) is 0 Å². The first-order valence-electron chi connectivity index (χ1n) is 4.68. The molecule has 3 nitrogen and oxygen atoms in total. The first kappa shape index (κ1) is 12.0. The van der Waals surface area contributed by atoms with Crippen molar-refractivity contribution in [3.63, 3.8) is 0 Å². The maximum absolute atomic E-state index is 11.3. The second kappa shape index (κ2) is 5.21. The Morgan fingerprint density at radius 2 is 2.44 bits per heavy atom. The number of carbonyl (C=O) groups is 1. The molecule has 0 fully saturated rings. The molecule has 1 unspecified atom stereocenters. The van der Waals surface area contributed by atoms with Gasteiger partial charge in [0.1, 0.15) is 5.75 Å². The molecule has 1 atom stereocenters. The van der Waals surface area contributed by atoms with Crippen LogP contribution in [0.4, 0.5) is 0 Å². The summed E-state index contributed by atoms with van der Waals surface area (Å²) in [7, 11) is 6.83. The van der Waals surface area contributed by atoms with Gasteiger partial charge in [-0.25, -0.2) is 4.79 Å². The number of fused-ring (bicyclic) bond motifs is 1. The summed E-state index contributed by atoms with van der Waals surface area (Å²) in [5, 5.41) is 0. The number of hydrogen-bond acceptors (Lipinski definition) is 5. The van der Waals surface area contributed by atoms with Crippen molar-refractivity contribution in [3.05, 3.63) is 23.8 Å². The molecule has 86 valence electrons. The molecule has 1 heterocycles. The van der Waals surface area contributed by atoms with Crippen molar-refractivity contribution in [3.8, 4) is 5.75 Å². The van der Waals surface area contributed by atoms with Gasteiger partial charge in [-0.15, -0.1) is 0 Å². The number of thiol groups is 1. The Kier molecular flexibility index (Phi) is 3.89. The molecule has 0 spiro atoms. The number of halogens is 1. The van der Waals surface area contributed by atoms with Crippen molar-refractivity contribution in [1.29, 1.82) is 0 Å². The molecule has 0 saturated carbocycles. The van der Waals surface area contributed by atoms with Crippen LogP contribution in [0.1, 0.15) is 12.0 Å². The van der Waals surface area contributed by atoms with E-state index in [9.17, 15) is 4.79 Å². The average molecular weight is 277 g/mol. The van der Waals surface area contributed by atoms with Gasteiger partial charge in [-0.3, -0.25) is 0 Å². The van der Waals surface area contributed by atoms with Gasteiger partial charge in [0, 0.05) is 17.8 Å². The first-order chi connectivity index (χ1) is 7.74. The van der Waals surface area contributed by atoms with Gasteiger partial charge < -0.3 is 8.92 Å². The maximum atomic E-state index is 11.3. The lowest BCUT2D eigenvalue weighted by Gasteiger charge is -2.23. The van der Waals surface area contributed by atoms with Crippen molar-refractivity contribution in [2.24, 2.45) is 0 Å². The molecule has 0 radical (unpaired) electrons. The van der Waals surface area contributed by atoms with E-state index in [-0.39, 0.29) is 0 Å². The van der Waals surface area contributed by atoms with Crippen LogP contribution in [0.15, 0.2) is 23.1 Å². The second-order valence-electron chi connectivity index (χ2n) is 3.40. The lowest BCUT2D eigenvalue weighted by Crippen LogP contribution is -2.31. The van der Waals surface area contributed by atoms with Crippen molar-refractivity contribution in [2.45, 2.75) is 23.8 Å². The molecule has 16 heavy (non-hydrogen) atoms. The summed E-state index contributed by atoms with van der Waals surface area (Å²) in [6.07, 6.45) is 0.816. The summed E-state index contributed by atoms with van der Waals surface area (Å²) < 4.78 is 9.86. The molecular weight excluding hydrogens is 268 g/mol. The molecule has 0 aliphatic carbocycles. The van der Waals surface area contributed by atoms with Gasteiger partial charge >= 0.3 is 5.97 Å². The van der Waals surface area contributed by atoms with E-state index < -0.39 is 12.1 Å². The van der Waals surface area contributed by atoms with E-state index in [0.29, 0.717) is 12.2 Å². The molecule has 1 aliphatic heterocycles. The summed E-state index contributed by atoms with van der Waals surface area (Å²) in [4.78, 5) is 12.2. The Labute approximate surface area is 108 Å². The Bertz CT molecular complexity index is 411. The van der Waals surface area contributed by atoms with Gasteiger partial charge in [-0.1, -0.05) is 0 Å². The third kappa shape index (κ3) is 2.42. The first-order valence-corrected chi connectivity index (χ1v) is 6.69. The summed E-state index contributed by atoms with van der Waals surface area (Å²) in [6, 6.07) is 5.64. The number of aryl methyl sites for hydroxylation is 1. The lowest BCUT2D eigenvalue weighted by molar-refractivity contribution is -0.141. The molecule has 0 bridgehead atoms. The fraction of sp³-hybridized carbons (Fsp3) is 0.300. The molecular formula is C10H9ClO3S2. The highest BCUT2D eigenvalue weighted by molar-refractivity contribution is 8.21. The van der Waals surface area contributed by atoms with Crippen molar-refractivity contribution in [2.75, 3.05) is 0 Å². The number of benzene rings is 1. The predicted molar refractivity (Wildman–Crippen MR) is 66.0 cm³/mol. The van der Waals surface area contributed by atoms with Gasteiger partial charge in [0.05, 0.1) is 0 Å². The summed E-state index contributed by atoms with van der Waals surface area (Å²) in [5.74, 6) is 0.259. The molecule has 1 aliphatic rings. The number of carbonyl (C=O) groups excluding carboxylic acids is 1. The molecule has 0 N–H and O–H groups in total. The molecule has 1 aromatic rings. The second-order valence-corrected chi connectivity index (χ2v) is 4.67. The van der Waals surface area contributed by atoms with Gasteiger partial charge in [0.2, 0.25) is 0 Å². The number of hydrogen-bond donors (Lipinski definition) is 1. The Balaban J connectivity index is 2.18. The highest BCUT2D eigenvalue weighted by Gasteiger charge is 2.27. The van der Waals surface area contributed by atoms with Crippen LogP contribution in [0.5, 0.6) is 5.75 Å². The maximum Gasteiger partial charge on any atom is 0.359 e. The van der Waals surface area contributed by atoms with Crippen LogP contribution in [-0.2, 0) is 15.4 Å².